The predicted octanol–water partition coefficient (Wildman–Crippen LogP) is 0.449. The van der Waals surface area contributed by atoms with E-state index >= 15 is 0 Å². The lowest BCUT2D eigenvalue weighted by Gasteiger charge is -2.05. The molecule has 27 heavy (non-hydrogen) atoms. The lowest BCUT2D eigenvalue weighted by molar-refractivity contribution is -0.385. The molecule has 0 aliphatic carbocycles. The summed E-state index contributed by atoms with van der Waals surface area (Å²) in [6.45, 7) is 0.121. The summed E-state index contributed by atoms with van der Waals surface area (Å²) in [5.74, 6) is -0.798. The van der Waals surface area contributed by atoms with E-state index in [-0.39, 0.29) is 31.2 Å². The number of hydrogen-bond acceptors (Lipinski definition) is 9. The standard InChI is InChI=1S/C14H13N7O5S/c22-11(8-20-7-9(6-17-20)21(24)25)15-3-4-16-13(23)14-18-12(19-26-14)10-2-1-5-27-10/h1-2,5-7H,3-4,8H2,(H,15,22)(H,16,23). The van der Waals surface area contributed by atoms with Crippen LogP contribution in [0.15, 0.2) is 34.4 Å². The van der Waals surface area contributed by atoms with Crippen molar-refractivity contribution in [1.29, 1.82) is 0 Å². The molecule has 0 aromatic carbocycles. The van der Waals surface area contributed by atoms with Crippen molar-refractivity contribution in [1.82, 2.24) is 30.6 Å². The zero-order chi connectivity index (χ0) is 19.2. The maximum absolute atomic E-state index is 11.9. The topological polar surface area (TPSA) is 158 Å². The number of hydrogen-bond donors (Lipinski definition) is 2. The van der Waals surface area contributed by atoms with Gasteiger partial charge in [0.15, 0.2) is 0 Å². The van der Waals surface area contributed by atoms with E-state index in [0.717, 1.165) is 22.0 Å². The maximum Gasteiger partial charge on any atom is 0.316 e. The second kappa shape index (κ2) is 8.18. The van der Waals surface area contributed by atoms with Gasteiger partial charge in [-0.05, 0) is 11.4 Å². The number of rotatable bonds is 8. The lowest BCUT2D eigenvalue weighted by Crippen LogP contribution is -2.36. The van der Waals surface area contributed by atoms with Crippen LogP contribution in [0.2, 0.25) is 0 Å². The van der Waals surface area contributed by atoms with Gasteiger partial charge in [0, 0.05) is 13.1 Å². The Labute approximate surface area is 155 Å². The average molecular weight is 391 g/mol. The molecule has 3 aromatic heterocycles. The Hall–Kier alpha value is -3.61. The highest BCUT2D eigenvalue weighted by atomic mass is 32.1. The number of nitro groups is 1. The zero-order valence-corrected chi connectivity index (χ0v) is 14.5. The quantitative estimate of drug-likeness (QED) is 0.318. The van der Waals surface area contributed by atoms with Crippen LogP contribution >= 0.6 is 11.3 Å². The van der Waals surface area contributed by atoms with Crippen molar-refractivity contribution in [2.75, 3.05) is 13.1 Å². The highest BCUT2D eigenvalue weighted by Crippen LogP contribution is 2.21. The van der Waals surface area contributed by atoms with Crippen molar-refractivity contribution in [3.8, 4) is 10.7 Å². The smallest absolute Gasteiger partial charge is 0.316 e. The molecule has 3 heterocycles. The SMILES string of the molecule is O=C(Cn1cc([N+](=O)[O-])cn1)NCCNC(=O)c1nc(-c2cccs2)no1. The highest BCUT2D eigenvalue weighted by Gasteiger charge is 2.16. The molecule has 3 rings (SSSR count). The van der Waals surface area contributed by atoms with Crippen LogP contribution in [-0.2, 0) is 11.3 Å². The minimum Gasteiger partial charge on any atom is -0.353 e. The van der Waals surface area contributed by atoms with Crippen molar-refractivity contribution in [2.24, 2.45) is 0 Å². The van der Waals surface area contributed by atoms with Crippen molar-refractivity contribution >= 4 is 28.8 Å². The molecule has 0 aliphatic heterocycles. The first-order chi connectivity index (χ1) is 13.0. The highest BCUT2D eigenvalue weighted by molar-refractivity contribution is 7.13. The van der Waals surface area contributed by atoms with E-state index in [1.165, 1.54) is 11.3 Å². The molecule has 140 valence electrons. The van der Waals surface area contributed by atoms with Gasteiger partial charge in [-0.3, -0.25) is 24.4 Å². The van der Waals surface area contributed by atoms with Gasteiger partial charge in [-0.15, -0.1) is 11.3 Å². The summed E-state index contributed by atoms with van der Waals surface area (Å²) in [5, 5.41) is 25.0. The first-order valence-corrected chi connectivity index (χ1v) is 8.50. The summed E-state index contributed by atoms with van der Waals surface area (Å²) in [7, 11) is 0. The zero-order valence-electron chi connectivity index (χ0n) is 13.7. The minimum absolute atomic E-state index is 0.139. The molecule has 13 heteroatoms. The number of carbonyl (C=O) groups excluding carboxylic acids is 2. The molecule has 0 fully saturated rings. The lowest BCUT2D eigenvalue weighted by atomic mass is 10.4. The molecule has 0 radical (unpaired) electrons. The Morgan fingerprint density at radius 3 is 2.85 bits per heavy atom. The van der Waals surface area contributed by atoms with E-state index in [0.29, 0.717) is 5.82 Å². The molecule has 12 nitrogen and oxygen atoms in total. The van der Waals surface area contributed by atoms with E-state index in [1.54, 1.807) is 6.07 Å². The normalized spacial score (nSPS) is 10.5. The van der Waals surface area contributed by atoms with Crippen LogP contribution in [0.5, 0.6) is 0 Å². The van der Waals surface area contributed by atoms with Crippen LogP contribution in [0.25, 0.3) is 10.7 Å². The average Bonchev–Trinajstić information content (AvgIpc) is 3.38. The summed E-state index contributed by atoms with van der Waals surface area (Å²) in [5.41, 5.74) is -0.198. The van der Waals surface area contributed by atoms with Gasteiger partial charge in [0.25, 0.3) is 0 Å². The third kappa shape index (κ3) is 4.72. The van der Waals surface area contributed by atoms with Crippen LogP contribution in [0.3, 0.4) is 0 Å². The minimum atomic E-state index is -0.599. The van der Waals surface area contributed by atoms with E-state index in [4.69, 9.17) is 4.52 Å². The van der Waals surface area contributed by atoms with E-state index < -0.39 is 16.7 Å². The Balaban J connectivity index is 1.39. The summed E-state index contributed by atoms with van der Waals surface area (Å²) >= 11 is 1.42. The predicted molar refractivity (Wildman–Crippen MR) is 91.8 cm³/mol. The number of nitrogens with zero attached hydrogens (tertiary/aromatic N) is 5. The van der Waals surface area contributed by atoms with E-state index in [9.17, 15) is 19.7 Å². The molecular weight excluding hydrogens is 378 g/mol. The van der Waals surface area contributed by atoms with Gasteiger partial charge >= 0.3 is 17.5 Å². The Morgan fingerprint density at radius 2 is 2.15 bits per heavy atom. The number of nitrogens with one attached hydrogen (secondary N) is 2. The second-order valence-corrected chi connectivity index (χ2v) is 6.11. The monoisotopic (exact) mass is 391 g/mol. The fourth-order valence-corrected chi connectivity index (χ4v) is 2.66. The van der Waals surface area contributed by atoms with E-state index in [1.807, 2.05) is 11.4 Å². The van der Waals surface area contributed by atoms with E-state index in [2.05, 4.69) is 25.9 Å². The molecule has 2 amide bonds. The van der Waals surface area contributed by atoms with Crippen LogP contribution in [0.4, 0.5) is 5.69 Å². The van der Waals surface area contributed by atoms with Crippen LogP contribution in [0, 0.1) is 10.1 Å². The van der Waals surface area contributed by atoms with Gasteiger partial charge in [-0.25, -0.2) is 0 Å². The third-order valence-corrected chi connectivity index (χ3v) is 4.10. The molecule has 0 aliphatic rings. The first kappa shape index (κ1) is 18.2. The summed E-state index contributed by atoms with van der Waals surface area (Å²) in [6, 6.07) is 3.64. The number of aromatic nitrogens is 4. The fraction of sp³-hybridized carbons (Fsp3) is 0.214. The van der Waals surface area contributed by atoms with Crippen molar-refractivity contribution in [2.45, 2.75) is 6.54 Å². The molecular formula is C14H13N7O5S. The molecule has 3 aromatic rings. The fourth-order valence-electron chi connectivity index (χ4n) is 2.01. The third-order valence-electron chi connectivity index (χ3n) is 3.23. The van der Waals surface area contributed by atoms with Crippen molar-refractivity contribution < 1.29 is 19.0 Å². The molecule has 0 bridgehead atoms. The van der Waals surface area contributed by atoms with Crippen molar-refractivity contribution in [3.05, 3.63) is 45.9 Å². The maximum atomic E-state index is 11.9. The molecule has 0 saturated carbocycles. The molecule has 0 spiro atoms. The van der Waals surface area contributed by atoms with Gasteiger partial charge in [0.2, 0.25) is 11.7 Å². The van der Waals surface area contributed by atoms with Crippen LogP contribution in [0.1, 0.15) is 10.7 Å². The van der Waals surface area contributed by atoms with Gasteiger partial charge in [0.1, 0.15) is 18.9 Å². The Bertz CT molecular complexity index is 949. The molecule has 0 saturated heterocycles. The molecule has 2 N–H and O–H groups in total. The number of thiophene rings is 1. The number of amides is 2. The van der Waals surface area contributed by atoms with Crippen LogP contribution in [-0.4, -0.2) is 49.7 Å². The summed E-state index contributed by atoms with van der Waals surface area (Å²) < 4.78 is 6.06. The van der Waals surface area contributed by atoms with Crippen LogP contribution < -0.4 is 10.6 Å². The van der Waals surface area contributed by atoms with Gasteiger partial charge in [0.05, 0.1) is 9.80 Å². The summed E-state index contributed by atoms with van der Waals surface area (Å²) in [6.07, 6.45) is 2.21. The number of carbonyl (C=O) groups is 2. The molecule has 0 unspecified atom stereocenters. The van der Waals surface area contributed by atoms with Gasteiger partial charge in [-0.1, -0.05) is 11.2 Å². The first-order valence-electron chi connectivity index (χ1n) is 7.62. The second-order valence-electron chi connectivity index (χ2n) is 5.16. The largest absolute Gasteiger partial charge is 0.353 e. The Morgan fingerprint density at radius 1 is 1.33 bits per heavy atom. The van der Waals surface area contributed by atoms with Gasteiger partial charge in [-0.2, -0.15) is 10.1 Å². The van der Waals surface area contributed by atoms with Crippen molar-refractivity contribution in [3.63, 3.8) is 0 Å². The molecule has 0 atom stereocenters. The summed E-state index contributed by atoms with van der Waals surface area (Å²) in [4.78, 5) is 38.4. The van der Waals surface area contributed by atoms with Gasteiger partial charge < -0.3 is 15.2 Å². The Kier molecular flexibility index (Phi) is 5.51.